The maximum Gasteiger partial charge on any atom is 0.132 e. The number of aromatic amines is 1. The summed E-state index contributed by atoms with van der Waals surface area (Å²) in [6, 6.07) is 14.1. The number of nitrogens with one attached hydrogen (secondary N) is 1. The summed E-state index contributed by atoms with van der Waals surface area (Å²) in [4.78, 5) is 7.38. The molecule has 0 fully saturated rings. The Balaban J connectivity index is 1.95. The van der Waals surface area contributed by atoms with Gasteiger partial charge in [0.2, 0.25) is 0 Å². The van der Waals surface area contributed by atoms with Crippen molar-refractivity contribution in [3.8, 4) is 11.3 Å². The third-order valence-corrected chi connectivity index (χ3v) is 3.76. The standard InChI is InChI=1S/C16H13BrFN3/c17-11-6-7-13(18)12(8-11)14-9-20-16(21-14)15(19)10-4-2-1-3-5-10/h1-9,15H,19H2,(H,20,21). The van der Waals surface area contributed by atoms with Crippen molar-refractivity contribution in [3.05, 3.63) is 76.4 Å². The molecule has 0 aliphatic carbocycles. The van der Waals surface area contributed by atoms with Gasteiger partial charge in [-0.05, 0) is 23.8 Å². The van der Waals surface area contributed by atoms with E-state index in [-0.39, 0.29) is 11.9 Å². The van der Waals surface area contributed by atoms with E-state index in [4.69, 9.17) is 5.73 Å². The number of halogens is 2. The molecule has 3 rings (SSSR count). The first-order valence-electron chi connectivity index (χ1n) is 6.46. The molecule has 0 amide bonds. The van der Waals surface area contributed by atoms with E-state index in [1.165, 1.54) is 6.07 Å². The largest absolute Gasteiger partial charge is 0.340 e. The summed E-state index contributed by atoms with van der Waals surface area (Å²) < 4.78 is 14.7. The van der Waals surface area contributed by atoms with Crippen LogP contribution >= 0.6 is 15.9 Å². The Morgan fingerprint density at radius 1 is 1.14 bits per heavy atom. The predicted octanol–water partition coefficient (Wildman–Crippen LogP) is 4.03. The number of aromatic nitrogens is 2. The molecule has 5 heteroatoms. The van der Waals surface area contributed by atoms with Gasteiger partial charge in [-0.2, -0.15) is 0 Å². The van der Waals surface area contributed by atoms with Gasteiger partial charge in [-0.1, -0.05) is 46.3 Å². The van der Waals surface area contributed by atoms with Crippen LogP contribution in [-0.2, 0) is 0 Å². The van der Waals surface area contributed by atoms with Gasteiger partial charge in [0, 0.05) is 10.0 Å². The lowest BCUT2D eigenvalue weighted by atomic mass is 10.1. The van der Waals surface area contributed by atoms with Crippen LogP contribution in [0.5, 0.6) is 0 Å². The molecule has 0 spiro atoms. The Hall–Kier alpha value is -1.98. The zero-order chi connectivity index (χ0) is 14.8. The Bertz CT molecular complexity index is 755. The minimum Gasteiger partial charge on any atom is -0.340 e. The molecule has 106 valence electrons. The van der Waals surface area contributed by atoms with E-state index in [1.807, 2.05) is 30.3 Å². The van der Waals surface area contributed by atoms with Gasteiger partial charge in [0.25, 0.3) is 0 Å². The first-order valence-corrected chi connectivity index (χ1v) is 7.25. The molecular formula is C16H13BrFN3. The zero-order valence-corrected chi connectivity index (χ0v) is 12.6. The normalized spacial score (nSPS) is 12.3. The molecule has 1 unspecified atom stereocenters. The second kappa shape index (κ2) is 5.79. The average molecular weight is 346 g/mol. The quantitative estimate of drug-likeness (QED) is 0.752. The van der Waals surface area contributed by atoms with Crippen molar-refractivity contribution in [1.82, 2.24) is 9.97 Å². The highest BCUT2D eigenvalue weighted by Crippen LogP contribution is 2.26. The van der Waals surface area contributed by atoms with E-state index in [2.05, 4.69) is 25.9 Å². The summed E-state index contributed by atoms with van der Waals surface area (Å²) in [5, 5.41) is 0. The number of benzene rings is 2. The van der Waals surface area contributed by atoms with Crippen molar-refractivity contribution < 1.29 is 4.39 Å². The lowest BCUT2D eigenvalue weighted by Crippen LogP contribution is -2.13. The Kier molecular flexibility index (Phi) is 3.86. The van der Waals surface area contributed by atoms with Crippen molar-refractivity contribution in [2.24, 2.45) is 5.73 Å². The monoisotopic (exact) mass is 345 g/mol. The third kappa shape index (κ3) is 2.89. The average Bonchev–Trinajstić information content (AvgIpc) is 2.99. The summed E-state index contributed by atoms with van der Waals surface area (Å²) in [7, 11) is 0. The fourth-order valence-electron chi connectivity index (χ4n) is 2.15. The van der Waals surface area contributed by atoms with Crippen LogP contribution in [0.4, 0.5) is 4.39 Å². The molecule has 0 aliphatic rings. The SMILES string of the molecule is NC(c1ccccc1)c1ncc(-c2cc(Br)ccc2F)[nH]1. The molecule has 0 saturated heterocycles. The van der Waals surface area contributed by atoms with Crippen LogP contribution < -0.4 is 5.73 Å². The van der Waals surface area contributed by atoms with Crippen LogP contribution in [0, 0.1) is 5.82 Å². The van der Waals surface area contributed by atoms with Gasteiger partial charge in [-0.25, -0.2) is 9.37 Å². The first-order chi connectivity index (χ1) is 10.1. The second-order valence-corrected chi connectivity index (χ2v) is 5.61. The van der Waals surface area contributed by atoms with Crippen LogP contribution in [0.2, 0.25) is 0 Å². The Morgan fingerprint density at radius 3 is 2.67 bits per heavy atom. The van der Waals surface area contributed by atoms with E-state index in [9.17, 15) is 4.39 Å². The van der Waals surface area contributed by atoms with E-state index in [1.54, 1.807) is 18.3 Å². The number of imidazole rings is 1. The number of hydrogen-bond acceptors (Lipinski definition) is 2. The van der Waals surface area contributed by atoms with E-state index in [0.29, 0.717) is 17.1 Å². The molecule has 3 aromatic rings. The summed E-state index contributed by atoms with van der Waals surface area (Å²) >= 11 is 3.34. The zero-order valence-electron chi connectivity index (χ0n) is 11.1. The van der Waals surface area contributed by atoms with E-state index >= 15 is 0 Å². The molecule has 21 heavy (non-hydrogen) atoms. The minimum atomic E-state index is -0.366. The van der Waals surface area contributed by atoms with Crippen molar-refractivity contribution >= 4 is 15.9 Å². The topological polar surface area (TPSA) is 54.7 Å². The summed E-state index contributed by atoms with van der Waals surface area (Å²) in [5.74, 6) is 0.303. The maximum atomic E-state index is 13.9. The molecule has 1 atom stereocenters. The van der Waals surface area contributed by atoms with Crippen LogP contribution in [0.1, 0.15) is 17.4 Å². The molecule has 1 heterocycles. The molecule has 0 saturated carbocycles. The molecule has 3 nitrogen and oxygen atoms in total. The molecule has 0 aliphatic heterocycles. The Labute approximate surface area is 130 Å². The lowest BCUT2D eigenvalue weighted by molar-refractivity contribution is 0.630. The fraction of sp³-hybridized carbons (Fsp3) is 0.0625. The maximum absolute atomic E-state index is 13.9. The van der Waals surface area contributed by atoms with Gasteiger partial charge >= 0.3 is 0 Å². The van der Waals surface area contributed by atoms with Crippen LogP contribution in [0.25, 0.3) is 11.3 Å². The van der Waals surface area contributed by atoms with Crippen LogP contribution in [0.15, 0.2) is 59.2 Å². The third-order valence-electron chi connectivity index (χ3n) is 3.27. The van der Waals surface area contributed by atoms with E-state index in [0.717, 1.165) is 10.0 Å². The molecule has 1 aromatic heterocycles. The second-order valence-electron chi connectivity index (χ2n) is 4.69. The van der Waals surface area contributed by atoms with Gasteiger partial charge in [0.1, 0.15) is 11.6 Å². The summed E-state index contributed by atoms with van der Waals surface area (Å²) in [6.07, 6.45) is 1.60. The van der Waals surface area contributed by atoms with Gasteiger partial charge in [0.15, 0.2) is 0 Å². The molecule has 0 radical (unpaired) electrons. The van der Waals surface area contributed by atoms with Crippen molar-refractivity contribution in [2.45, 2.75) is 6.04 Å². The first kappa shape index (κ1) is 14.0. The number of nitrogens with zero attached hydrogens (tertiary/aromatic N) is 1. The number of rotatable bonds is 3. The van der Waals surface area contributed by atoms with Gasteiger partial charge < -0.3 is 10.7 Å². The lowest BCUT2D eigenvalue weighted by Gasteiger charge is -2.08. The van der Waals surface area contributed by atoms with Crippen molar-refractivity contribution in [3.63, 3.8) is 0 Å². The summed E-state index contributed by atoms with van der Waals surface area (Å²) in [6.45, 7) is 0. The number of nitrogens with two attached hydrogens (primary N) is 1. The fourth-order valence-corrected chi connectivity index (χ4v) is 2.51. The van der Waals surface area contributed by atoms with Gasteiger partial charge in [-0.15, -0.1) is 0 Å². The number of hydrogen-bond donors (Lipinski definition) is 2. The molecule has 3 N–H and O–H groups in total. The van der Waals surface area contributed by atoms with Crippen LogP contribution in [-0.4, -0.2) is 9.97 Å². The van der Waals surface area contributed by atoms with Gasteiger partial charge in [0.05, 0.1) is 17.9 Å². The molecule has 2 aromatic carbocycles. The molecular weight excluding hydrogens is 333 g/mol. The van der Waals surface area contributed by atoms with Crippen molar-refractivity contribution in [1.29, 1.82) is 0 Å². The highest BCUT2D eigenvalue weighted by Gasteiger charge is 2.14. The van der Waals surface area contributed by atoms with Crippen LogP contribution in [0.3, 0.4) is 0 Å². The Morgan fingerprint density at radius 2 is 1.90 bits per heavy atom. The van der Waals surface area contributed by atoms with E-state index < -0.39 is 0 Å². The molecule has 0 bridgehead atoms. The summed E-state index contributed by atoms with van der Waals surface area (Å²) in [5.41, 5.74) is 8.20. The number of H-pyrrole nitrogens is 1. The predicted molar refractivity (Wildman–Crippen MR) is 84.2 cm³/mol. The van der Waals surface area contributed by atoms with Crippen molar-refractivity contribution in [2.75, 3.05) is 0 Å². The smallest absolute Gasteiger partial charge is 0.132 e. The highest BCUT2D eigenvalue weighted by atomic mass is 79.9. The highest BCUT2D eigenvalue weighted by molar-refractivity contribution is 9.10. The minimum absolute atomic E-state index is 0.304. The van der Waals surface area contributed by atoms with Gasteiger partial charge in [-0.3, -0.25) is 0 Å².